The fourth-order valence-electron chi connectivity index (χ4n) is 4.27. The van der Waals surface area contributed by atoms with Gasteiger partial charge in [0.15, 0.2) is 0 Å². The Kier molecular flexibility index (Phi) is 6.00. The summed E-state index contributed by atoms with van der Waals surface area (Å²) in [5.74, 6) is -1.48. The van der Waals surface area contributed by atoms with E-state index >= 15 is 0 Å². The Morgan fingerprint density at radius 2 is 1.86 bits per heavy atom. The van der Waals surface area contributed by atoms with Crippen LogP contribution in [0.15, 0.2) is 24.3 Å². The van der Waals surface area contributed by atoms with Gasteiger partial charge in [-0.1, -0.05) is 12.1 Å². The Bertz CT molecular complexity index is 751. The van der Waals surface area contributed by atoms with E-state index in [1.807, 2.05) is 12.1 Å². The first-order valence-electron chi connectivity index (χ1n) is 9.61. The predicted molar refractivity (Wildman–Crippen MR) is 104 cm³/mol. The zero-order valence-electron chi connectivity index (χ0n) is 16.3. The molecule has 0 radical (unpaired) electrons. The molecule has 1 aromatic rings. The Balaban J connectivity index is 1.68. The molecule has 1 atom stereocenters. The van der Waals surface area contributed by atoms with Crippen molar-refractivity contribution in [3.8, 4) is 0 Å². The van der Waals surface area contributed by atoms with Gasteiger partial charge in [-0.2, -0.15) is 0 Å². The highest BCUT2D eigenvalue weighted by molar-refractivity contribution is 5.92. The molecule has 0 unspecified atom stereocenters. The molecular formula is C20H28N4O4. The van der Waals surface area contributed by atoms with E-state index in [0.717, 1.165) is 44.6 Å². The Morgan fingerprint density at radius 3 is 2.50 bits per heavy atom. The quantitative estimate of drug-likeness (QED) is 0.755. The molecule has 152 valence electrons. The fourth-order valence-corrected chi connectivity index (χ4v) is 4.27. The van der Waals surface area contributed by atoms with E-state index in [-0.39, 0.29) is 18.0 Å². The second-order valence-corrected chi connectivity index (χ2v) is 7.88. The first-order valence-corrected chi connectivity index (χ1v) is 9.61. The monoisotopic (exact) mass is 388 g/mol. The molecule has 2 heterocycles. The van der Waals surface area contributed by atoms with Gasteiger partial charge < -0.3 is 15.7 Å². The summed E-state index contributed by atoms with van der Waals surface area (Å²) in [6.45, 7) is 3.65. The van der Waals surface area contributed by atoms with E-state index in [9.17, 15) is 14.4 Å². The van der Waals surface area contributed by atoms with Crippen molar-refractivity contribution < 1.29 is 19.5 Å². The highest BCUT2D eigenvalue weighted by Crippen LogP contribution is 2.32. The van der Waals surface area contributed by atoms with Crippen LogP contribution in [0.5, 0.6) is 0 Å². The molecule has 2 aliphatic rings. The number of hydrogen-bond acceptors (Lipinski definition) is 5. The van der Waals surface area contributed by atoms with Gasteiger partial charge in [-0.15, -0.1) is 0 Å². The molecule has 28 heavy (non-hydrogen) atoms. The van der Waals surface area contributed by atoms with Gasteiger partial charge >= 0.3 is 5.97 Å². The second kappa shape index (κ2) is 8.28. The van der Waals surface area contributed by atoms with Gasteiger partial charge in [0.2, 0.25) is 11.8 Å². The maximum atomic E-state index is 12.3. The molecule has 1 aromatic carbocycles. The molecule has 0 aliphatic carbocycles. The maximum absolute atomic E-state index is 12.3. The summed E-state index contributed by atoms with van der Waals surface area (Å²) >= 11 is 0. The normalized spacial score (nSPS) is 24.3. The van der Waals surface area contributed by atoms with Crippen molar-refractivity contribution in [2.24, 2.45) is 5.73 Å². The number of likely N-dealkylation sites (tertiary alicyclic amines) is 1. The summed E-state index contributed by atoms with van der Waals surface area (Å²) < 4.78 is 0. The summed E-state index contributed by atoms with van der Waals surface area (Å²) in [5.41, 5.74) is 6.78. The third-order valence-corrected chi connectivity index (χ3v) is 6.05. The largest absolute Gasteiger partial charge is 0.480 e. The number of likely N-dealkylation sites (N-methyl/N-ethyl adjacent to an activating group) is 1. The lowest BCUT2D eigenvalue weighted by atomic mass is 9.86. The van der Waals surface area contributed by atoms with E-state index in [2.05, 4.69) is 16.8 Å². The predicted octanol–water partition coefficient (Wildman–Crippen LogP) is 0.369. The summed E-state index contributed by atoms with van der Waals surface area (Å²) in [6, 6.07) is 7.35. The van der Waals surface area contributed by atoms with E-state index in [4.69, 9.17) is 10.8 Å². The van der Waals surface area contributed by atoms with Gasteiger partial charge in [0.25, 0.3) is 0 Å². The molecule has 2 saturated heterocycles. The zero-order valence-corrected chi connectivity index (χ0v) is 16.3. The molecule has 2 aliphatic heterocycles. The number of carbonyl (C=O) groups is 3. The van der Waals surface area contributed by atoms with Crippen LogP contribution in [-0.4, -0.2) is 82.9 Å². The summed E-state index contributed by atoms with van der Waals surface area (Å²) in [7, 11) is 2.09. The fraction of sp³-hybridized carbons (Fsp3) is 0.550. The van der Waals surface area contributed by atoms with Crippen molar-refractivity contribution in [1.82, 2.24) is 14.7 Å². The van der Waals surface area contributed by atoms with Crippen molar-refractivity contribution in [1.29, 1.82) is 0 Å². The minimum atomic E-state index is -0.970. The second-order valence-electron chi connectivity index (χ2n) is 7.88. The number of nitrogens with zero attached hydrogens (tertiary/aromatic N) is 3. The standard InChI is InChI=1S/C20H28N4O4/c1-22-10-11-23(12-15-2-4-16(5-3-15)19(21)28)14-20(22)7-6-17(25)24(9-8-20)13-18(26)27/h2-5H,6-14H2,1H3,(H2,21,28)(H,26,27)/t20-/m1/s1. The number of carboxylic acid groups (broad SMARTS) is 1. The van der Waals surface area contributed by atoms with Crippen LogP contribution in [0.3, 0.4) is 0 Å². The first kappa shape index (κ1) is 20.3. The van der Waals surface area contributed by atoms with Crippen LogP contribution in [-0.2, 0) is 16.1 Å². The van der Waals surface area contributed by atoms with E-state index in [1.54, 1.807) is 12.1 Å². The van der Waals surface area contributed by atoms with Crippen molar-refractivity contribution in [3.05, 3.63) is 35.4 Å². The number of carboxylic acids is 1. The number of piperazine rings is 1. The van der Waals surface area contributed by atoms with Crippen molar-refractivity contribution >= 4 is 17.8 Å². The van der Waals surface area contributed by atoms with Gasteiger partial charge in [-0.3, -0.25) is 24.2 Å². The number of hydrogen-bond donors (Lipinski definition) is 2. The maximum Gasteiger partial charge on any atom is 0.323 e. The number of benzene rings is 1. The van der Waals surface area contributed by atoms with Crippen LogP contribution >= 0.6 is 0 Å². The average molecular weight is 388 g/mol. The number of rotatable bonds is 5. The lowest BCUT2D eigenvalue weighted by molar-refractivity contribution is -0.144. The molecule has 0 aromatic heterocycles. The third-order valence-electron chi connectivity index (χ3n) is 6.05. The van der Waals surface area contributed by atoms with Crippen LogP contribution in [0.2, 0.25) is 0 Å². The number of nitrogens with two attached hydrogens (primary N) is 1. The van der Waals surface area contributed by atoms with Gasteiger partial charge in [0.05, 0.1) is 0 Å². The van der Waals surface area contributed by atoms with Crippen molar-refractivity contribution in [2.75, 3.05) is 39.8 Å². The minimum absolute atomic E-state index is 0.0770. The average Bonchev–Trinajstić information content (AvgIpc) is 2.80. The number of carbonyl (C=O) groups excluding carboxylic acids is 2. The number of aliphatic carboxylic acids is 1. The molecule has 1 spiro atoms. The summed E-state index contributed by atoms with van der Waals surface area (Å²) in [5, 5.41) is 9.05. The van der Waals surface area contributed by atoms with E-state index < -0.39 is 11.9 Å². The highest BCUT2D eigenvalue weighted by atomic mass is 16.4. The van der Waals surface area contributed by atoms with Crippen LogP contribution in [0, 0.1) is 0 Å². The summed E-state index contributed by atoms with van der Waals surface area (Å²) in [4.78, 5) is 40.8. The van der Waals surface area contributed by atoms with Crippen LogP contribution in [0.1, 0.15) is 35.2 Å². The van der Waals surface area contributed by atoms with Gasteiger partial charge in [-0.25, -0.2) is 0 Å². The lowest BCUT2D eigenvalue weighted by Crippen LogP contribution is -2.60. The number of primary amides is 1. The molecule has 3 rings (SSSR count). The Labute approximate surface area is 164 Å². The van der Waals surface area contributed by atoms with Gasteiger partial charge in [0, 0.05) is 50.2 Å². The zero-order chi connectivity index (χ0) is 20.3. The summed E-state index contributed by atoms with van der Waals surface area (Å²) in [6.07, 6.45) is 1.87. The SMILES string of the molecule is CN1CCN(Cc2ccc(C(N)=O)cc2)C[C@]12CCC(=O)N(CC(=O)O)CC2. The van der Waals surface area contributed by atoms with Gasteiger partial charge in [-0.05, 0) is 37.6 Å². The Hall–Kier alpha value is -2.45. The van der Waals surface area contributed by atoms with E-state index in [1.165, 1.54) is 4.90 Å². The molecule has 8 nitrogen and oxygen atoms in total. The molecule has 8 heteroatoms. The lowest BCUT2D eigenvalue weighted by Gasteiger charge is -2.49. The Morgan fingerprint density at radius 1 is 1.14 bits per heavy atom. The molecule has 2 amide bonds. The van der Waals surface area contributed by atoms with Crippen LogP contribution < -0.4 is 5.73 Å². The van der Waals surface area contributed by atoms with E-state index in [0.29, 0.717) is 18.5 Å². The smallest absolute Gasteiger partial charge is 0.323 e. The minimum Gasteiger partial charge on any atom is -0.480 e. The van der Waals surface area contributed by atoms with Crippen molar-refractivity contribution in [3.63, 3.8) is 0 Å². The third kappa shape index (κ3) is 4.51. The first-order chi connectivity index (χ1) is 13.3. The van der Waals surface area contributed by atoms with Crippen LogP contribution in [0.4, 0.5) is 0 Å². The van der Waals surface area contributed by atoms with Crippen LogP contribution in [0.25, 0.3) is 0 Å². The molecule has 0 saturated carbocycles. The molecule has 0 bridgehead atoms. The van der Waals surface area contributed by atoms with Crippen molar-refractivity contribution in [2.45, 2.75) is 31.3 Å². The molecule has 3 N–H and O–H groups in total. The molecular weight excluding hydrogens is 360 g/mol. The highest BCUT2D eigenvalue weighted by Gasteiger charge is 2.42. The number of amides is 2. The topological polar surface area (TPSA) is 107 Å². The van der Waals surface area contributed by atoms with Gasteiger partial charge in [0.1, 0.15) is 6.54 Å². The molecule has 2 fully saturated rings.